The van der Waals surface area contributed by atoms with E-state index in [1.54, 1.807) is 19.1 Å². The van der Waals surface area contributed by atoms with Gasteiger partial charge in [0.05, 0.1) is 30.1 Å². The zero-order valence-corrected chi connectivity index (χ0v) is 20.6. The van der Waals surface area contributed by atoms with E-state index in [2.05, 4.69) is 23.5 Å². The summed E-state index contributed by atoms with van der Waals surface area (Å²) in [5.41, 5.74) is 4.09. The highest BCUT2D eigenvalue weighted by molar-refractivity contribution is 7.92. The van der Waals surface area contributed by atoms with Crippen molar-refractivity contribution in [2.45, 2.75) is 58.0 Å². The molecule has 0 saturated heterocycles. The quantitative estimate of drug-likeness (QED) is 0.599. The summed E-state index contributed by atoms with van der Waals surface area (Å²) in [4.78, 5) is 13.2. The van der Waals surface area contributed by atoms with Crippen molar-refractivity contribution in [2.24, 2.45) is 0 Å². The molecule has 32 heavy (non-hydrogen) atoms. The van der Waals surface area contributed by atoms with E-state index in [0.29, 0.717) is 17.9 Å². The fourth-order valence-electron chi connectivity index (χ4n) is 4.28. The summed E-state index contributed by atoms with van der Waals surface area (Å²) >= 11 is 6.21. The fraction of sp³-hybridized carbons (Fsp3) is 0.458. The molecule has 0 unspecified atom stereocenters. The third kappa shape index (κ3) is 5.38. The first kappa shape index (κ1) is 24.4. The van der Waals surface area contributed by atoms with Crippen LogP contribution in [0.25, 0.3) is 0 Å². The molecule has 0 spiro atoms. The maximum absolute atomic E-state index is 13.2. The Morgan fingerprint density at radius 1 is 1.16 bits per heavy atom. The van der Waals surface area contributed by atoms with Crippen LogP contribution in [-0.4, -0.2) is 33.7 Å². The maximum Gasteiger partial charge on any atom is 0.244 e. The number of nitrogens with zero attached hydrogens (tertiary/aromatic N) is 1. The van der Waals surface area contributed by atoms with Gasteiger partial charge in [0.15, 0.2) is 0 Å². The number of benzene rings is 2. The van der Waals surface area contributed by atoms with Crippen LogP contribution in [0.5, 0.6) is 5.75 Å². The van der Waals surface area contributed by atoms with E-state index in [4.69, 9.17) is 16.3 Å². The molecule has 0 bridgehead atoms. The van der Waals surface area contributed by atoms with Crippen LogP contribution < -0.4 is 14.4 Å². The molecule has 2 aromatic carbocycles. The van der Waals surface area contributed by atoms with Crippen LogP contribution in [0.15, 0.2) is 36.4 Å². The first-order chi connectivity index (χ1) is 15.2. The number of anilines is 1. The molecule has 0 radical (unpaired) electrons. The van der Waals surface area contributed by atoms with Gasteiger partial charge in [-0.25, -0.2) is 8.42 Å². The van der Waals surface area contributed by atoms with Crippen LogP contribution in [0.1, 0.15) is 55.8 Å². The van der Waals surface area contributed by atoms with E-state index < -0.39 is 16.1 Å². The number of halogens is 1. The standard InChI is InChI=1S/C24H31ClN2O4S/c1-5-22(19-11-10-17-8-6-7-9-18(17)14-19)26-24(28)16(2)27(32(4,29)30)20-12-13-23(31-3)21(25)15-20/h10-16,22H,5-9H2,1-4H3,(H,26,28)/t16-,22-/m0/s1. The van der Waals surface area contributed by atoms with E-state index in [1.165, 1.54) is 37.1 Å². The number of sulfonamides is 1. The lowest BCUT2D eigenvalue weighted by Gasteiger charge is -2.30. The van der Waals surface area contributed by atoms with Gasteiger partial charge in [-0.3, -0.25) is 9.10 Å². The van der Waals surface area contributed by atoms with Gasteiger partial charge in [-0.2, -0.15) is 0 Å². The van der Waals surface area contributed by atoms with E-state index >= 15 is 0 Å². The number of carbonyl (C=O) groups is 1. The molecule has 1 amide bonds. The lowest BCUT2D eigenvalue weighted by molar-refractivity contribution is -0.122. The van der Waals surface area contributed by atoms with Crippen LogP contribution in [-0.2, 0) is 27.7 Å². The second-order valence-electron chi connectivity index (χ2n) is 8.26. The number of rotatable bonds is 8. The van der Waals surface area contributed by atoms with Gasteiger partial charge in [0.1, 0.15) is 11.8 Å². The van der Waals surface area contributed by atoms with Crippen molar-refractivity contribution in [2.75, 3.05) is 17.7 Å². The number of methoxy groups -OCH3 is 1. The Bertz CT molecular complexity index is 1090. The van der Waals surface area contributed by atoms with Gasteiger partial charge in [-0.15, -0.1) is 0 Å². The predicted molar refractivity (Wildman–Crippen MR) is 129 cm³/mol. The Morgan fingerprint density at radius 3 is 2.44 bits per heavy atom. The molecule has 0 saturated carbocycles. The lowest BCUT2D eigenvalue weighted by Crippen LogP contribution is -2.48. The second-order valence-corrected chi connectivity index (χ2v) is 10.5. The van der Waals surface area contributed by atoms with Crippen LogP contribution >= 0.6 is 11.6 Å². The van der Waals surface area contributed by atoms with Crippen molar-refractivity contribution in [3.05, 3.63) is 58.1 Å². The first-order valence-corrected chi connectivity index (χ1v) is 13.1. The third-order valence-corrected chi connectivity index (χ3v) is 7.52. The minimum Gasteiger partial charge on any atom is -0.495 e. The van der Waals surface area contributed by atoms with Gasteiger partial charge in [0, 0.05) is 0 Å². The van der Waals surface area contributed by atoms with Crippen molar-refractivity contribution < 1.29 is 17.9 Å². The largest absolute Gasteiger partial charge is 0.495 e. The number of nitrogens with one attached hydrogen (secondary N) is 1. The van der Waals surface area contributed by atoms with Gasteiger partial charge in [0.25, 0.3) is 0 Å². The molecular weight excluding hydrogens is 448 g/mol. The molecule has 2 aromatic rings. The summed E-state index contributed by atoms with van der Waals surface area (Å²) in [7, 11) is -2.26. The van der Waals surface area contributed by atoms with Gasteiger partial charge in [-0.05, 0) is 73.9 Å². The van der Waals surface area contributed by atoms with Crippen molar-refractivity contribution in [3.8, 4) is 5.75 Å². The van der Waals surface area contributed by atoms with Crippen molar-refractivity contribution in [1.82, 2.24) is 5.32 Å². The Labute approximate surface area is 196 Å². The zero-order chi connectivity index (χ0) is 23.5. The Balaban J connectivity index is 1.84. The van der Waals surface area contributed by atoms with Gasteiger partial charge >= 0.3 is 0 Å². The van der Waals surface area contributed by atoms with Crippen molar-refractivity contribution in [1.29, 1.82) is 0 Å². The topological polar surface area (TPSA) is 75.7 Å². The molecule has 6 nitrogen and oxygen atoms in total. The maximum atomic E-state index is 13.2. The molecular formula is C24H31ClN2O4S. The average Bonchev–Trinajstić information content (AvgIpc) is 2.76. The zero-order valence-electron chi connectivity index (χ0n) is 19.0. The van der Waals surface area contributed by atoms with E-state index in [9.17, 15) is 13.2 Å². The smallest absolute Gasteiger partial charge is 0.244 e. The SMILES string of the molecule is CC[C@H](NC(=O)[C@H](C)N(c1ccc(OC)c(Cl)c1)S(C)(=O)=O)c1ccc2c(c1)CCCC2. The van der Waals surface area contributed by atoms with Crippen molar-refractivity contribution in [3.63, 3.8) is 0 Å². The number of aryl methyl sites for hydroxylation is 2. The molecule has 1 aliphatic rings. The summed E-state index contributed by atoms with van der Waals surface area (Å²) in [6.45, 7) is 3.58. The second kappa shape index (κ2) is 10.1. The van der Waals surface area contributed by atoms with Crippen LogP contribution in [0.4, 0.5) is 5.69 Å². The molecule has 174 valence electrons. The van der Waals surface area contributed by atoms with Crippen LogP contribution in [0, 0.1) is 0 Å². The monoisotopic (exact) mass is 478 g/mol. The normalized spacial score (nSPS) is 15.4. The number of carbonyl (C=O) groups excluding carboxylic acids is 1. The number of hydrogen-bond acceptors (Lipinski definition) is 4. The fourth-order valence-corrected chi connectivity index (χ4v) is 5.70. The molecule has 0 aromatic heterocycles. The molecule has 0 heterocycles. The summed E-state index contributed by atoms with van der Waals surface area (Å²) < 4.78 is 31.4. The van der Waals surface area contributed by atoms with E-state index in [0.717, 1.165) is 29.0 Å². The Kier molecular flexibility index (Phi) is 7.72. The third-order valence-electron chi connectivity index (χ3n) is 5.98. The number of ether oxygens (including phenoxy) is 1. The molecule has 2 atom stereocenters. The lowest BCUT2D eigenvalue weighted by atomic mass is 9.88. The minimum absolute atomic E-state index is 0.196. The number of amides is 1. The van der Waals surface area contributed by atoms with Gasteiger partial charge in [0.2, 0.25) is 15.9 Å². The highest BCUT2D eigenvalue weighted by Gasteiger charge is 2.31. The average molecular weight is 479 g/mol. The molecule has 1 aliphatic carbocycles. The summed E-state index contributed by atoms with van der Waals surface area (Å²) in [5.74, 6) is 0.0614. The molecule has 8 heteroatoms. The minimum atomic E-state index is -3.74. The van der Waals surface area contributed by atoms with E-state index in [-0.39, 0.29) is 17.0 Å². The van der Waals surface area contributed by atoms with Crippen LogP contribution in [0.2, 0.25) is 5.02 Å². The summed E-state index contributed by atoms with van der Waals surface area (Å²) in [5, 5.41) is 3.32. The highest BCUT2D eigenvalue weighted by atomic mass is 35.5. The Morgan fingerprint density at radius 2 is 1.84 bits per heavy atom. The van der Waals surface area contributed by atoms with E-state index in [1.807, 2.05) is 6.92 Å². The van der Waals surface area contributed by atoms with Crippen molar-refractivity contribution >= 4 is 33.2 Å². The van der Waals surface area contributed by atoms with Gasteiger partial charge in [-0.1, -0.05) is 36.7 Å². The summed E-state index contributed by atoms with van der Waals surface area (Å²) in [6, 6.07) is 9.92. The molecule has 0 aliphatic heterocycles. The Hall–Kier alpha value is -2.25. The highest BCUT2D eigenvalue weighted by Crippen LogP contribution is 2.32. The number of fused-ring (bicyclic) bond motifs is 1. The van der Waals surface area contributed by atoms with Crippen LogP contribution in [0.3, 0.4) is 0 Å². The predicted octanol–water partition coefficient (Wildman–Crippen LogP) is 4.65. The number of hydrogen-bond donors (Lipinski definition) is 1. The molecule has 1 N–H and O–H groups in total. The molecule has 3 rings (SSSR count). The van der Waals surface area contributed by atoms with Gasteiger partial charge < -0.3 is 10.1 Å². The summed E-state index contributed by atoms with van der Waals surface area (Å²) in [6.07, 6.45) is 6.34. The molecule has 0 fully saturated rings. The first-order valence-electron chi connectivity index (χ1n) is 10.9.